The van der Waals surface area contributed by atoms with Crippen LogP contribution in [0.5, 0.6) is 5.75 Å². The summed E-state index contributed by atoms with van der Waals surface area (Å²) in [6.45, 7) is 2.72. The molecule has 0 amide bonds. The van der Waals surface area contributed by atoms with Gasteiger partial charge in [0.1, 0.15) is 23.9 Å². The van der Waals surface area contributed by atoms with Gasteiger partial charge in [0, 0.05) is 12.6 Å². The van der Waals surface area contributed by atoms with E-state index < -0.39 is 5.82 Å². The van der Waals surface area contributed by atoms with Gasteiger partial charge >= 0.3 is 0 Å². The number of rotatable bonds is 5. The fraction of sp³-hybridized carbons (Fsp3) is 0.211. The lowest BCUT2D eigenvalue weighted by atomic mass is 10.1. The monoisotopic (exact) mass is 361 g/mol. The first-order valence-electron chi connectivity index (χ1n) is 7.81. The van der Waals surface area contributed by atoms with Crippen molar-refractivity contribution in [2.45, 2.75) is 6.92 Å². The normalized spacial score (nSPS) is 11.0. The molecule has 0 saturated heterocycles. The van der Waals surface area contributed by atoms with Crippen molar-refractivity contribution in [3.8, 4) is 17.1 Å². The number of hydrogen-bond donors (Lipinski definition) is 1. The zero-order valence-electron chi connectivity index (χ0n) is 13.9. The van der Waals surface area contributed by atoms with Gasteiger partial charge in [-0.3, -0.25) is 4.79 Å². The standard InChI is InChI=1S/C19H17ClFNO3/c1-11-8-14(21)18(16(9-11)24-7-6-22-2)17-10-15(23)12-4-3-5-13(20)19(12)25-17/h3-5,8-10,22H,6-7H2,1-2H3. The molecule has 0 spiro atoms. The molecule has 4 nitrogen and oxygen atoms in total. The summed E-state index contributed by atoms with van der Waals surface area (Å²) in [7, 11) is 1.80. The first-order valence-corrected chi connectivity index (χ1v) is 8.19. The Morgan fingerprint density at radius 1 is 1.28 bits per heavy atom. The highest BCUT2D eigenvalue weighted by Crippen LogP contribution is 2.35. The molecule has 0 atom stereocenters. The van der Waals surface area contributed by atoms with Gasteiger partial charge in [-0.2, -0.15) is 0 Å². The molecule has 1 N–H and O–H groups in total. The Kier molecular flexibility index (Phi) is 5.06. The molecule has 0 saturated carbocycles. The van der Waals surface area contributed by atoms with Crippen LogP contribution in [-0.4, -0.2) is 20.2 Å². The summed E-state index contributed by atoms with van der Waals surface area (Å²) in [5.74, 6) is -0.112. The number of fused-ring (bicyclic) bond motifs is 1. The summed E-state index contributed by atoms with van der Waals surface area (Å²) in [4.78, 5) is 12.4. The summed E-state index contributed by atoms with van der Waals surface area (Å²) >= 11 is 6.13. The van der Waals surface area contributed by atoms with Crippen LogP contribution < -0.4 is 15.5 Å². The predicted molar refractivity (Wildman–Crippen MR) is 97.0 cm³/mol. The Balaban J connectivity index is 2.20. The molecule has 0 aliphatic carbocycles. The molecule has 6 heteroatoms. The zero-order valence-corrected chi connectivity index (χ0v) is 14.6. The van der Waals surface area contributed by atoms with Gasteiger partial charge < -0.3 is 14.5 Å². The van der Waals surface area contributed by atoms with E-state index in [0.717, 1.165) is 0 Å². The van der Waals surface area contributed by atoms with E-state index in [1.54, 1.807) is 38.2 Å². The van der Waals surface area contributed by atoms with Crippen LogP contribution in [0.15, 0.2) is 45.6 Å². The maximum Gasteiger partial charge on any atom is 0.193 e. The first kappa shape index (κ1) is 17.5. The quantitative estimate of drug-likeness (QED) is 0.693. The van der Waals surface area contributed by atoms with E-state index in [9.17, 15) is 9.18 Å². The number of hydrogen-bond acceptors (Lipinski definition) is 4. The highest BCUT2D eigenvalue weighted by atomic mass is 35.5. The second kappa shape index (κ2) is 7.25. The maximum atomic E-state index is 14.6. The van der Waals surface area contributed by atoms with E-state index in [2.05, 4.69) is 5.32 Å². The maximum absolute atomic E-state index is 14.6. The average molecular weight is 362 g/mol. The van der Waals surface area contributed by atoms with E-state index in [-0.39, 0.29) is 22.3 Å². The molecular formula is C19H17ClFNO3. The fourth-order valence-corrected chi connectivity index (χ4v) is 2.81. The van der Waals surface area contributed by atoms with E-state index in [4.69, 9.17) is 20.8 Å². The highest BCUT2D eigenvalue weighted by Gasteiger charge is 2.18. The summed E-state index contributed by atoms with van der Waals surface area (Å²) in [5.41, 5.74) is 0.759. The van der Waals surface area contributed by atoms with Crippen molar-refractivity contribution in [2.75, 3.05) is 20.2 Å². The Bertz CT molecular complexity index is 984. The smallest absolute Gasteiger partial charge is 0.193 e. The summed E-state index contributed by atoms with van der Waals surface area (Å²) in [6.07, 6.45) is 0. The van der Waals surface area contributed by atoms with Crippen molar-refractivity contribution >= 4 is 22.6 Å². The molecule has 0 unspecified atom stereocenters. The lowest BCUT2D eigenvalue weighted by Gasteiger charge is -2.13. The van der Waals surface area contributed by atoms with Gasteiger partial charge in [-0.15, -0.1) is 0 Å². The SMILES string of the molecule is CNCCOc1cc(C)cc(F)c1-c1cc(=O)c2cccc(Cl)c2o1. The van der Waals surface area contributed by atoms with Crippen molar-refractivity contribution in [2.24, 2.45) is 0 Å². The number of nitrogens with one attached hydrogen (secondary N) is 1. The van der Waals surface area contributed by atoms with Crippen molar-refractivity contribution < 1.29 is 13.5 Å². The Morgan fingerprint density at radius 3 is 2.84 bits per heavy atom. The molecule has 0 aliphatic rings. The third kappa shape index (κ3) is 3.52. The molecule has 25 heavy (non-hydrogen) atoms. The van der Waals surface area contributed by atoms with Crippen molar-refractivity contribution in [1.29, 1.82) is 0 Å². The Labute approximate surface area is 149 Å². The summed E-state index contributed by atoms with van der Waals surface area (Å²) < 4.78 is 26.1. The predicted octanol–water partition coefficient (Wildman–Crippen LogP) is 4.16. The molecule has 1 aromatic heterocycles. The average Bonchev–Trinajstić information content (AvgIpc) is 2.55. The van der Waals surface area contributed by atoms with E-state index in [1.165, 1.54) is 12.1 Å². The lowest BCUT2D eigenvalue weighted by molar-refractivity contribution is 0.317. The van der Waals surface area contributed by atoms with Crippen LogP contribution in [0.3, 0.4) is 0 Å². The van der Waals surface area contributed by atoms with E-state index >= 15 is 0 Å². The molecule has 2 aromatic carbocycles. The lowest BCUT2D eigenvalue weighted by Crippen LogP contribution is -2.16. The molecule has 0 fully saturated rings. The Morgan fingerprint density at radius 2 is 2.08 bits per heavy atom. The number of aryl methyl sites for hydroxylation is 1. The number of halogens is 2. The summed E-state index contributed by atoms with van der Waals surface area (Å²) in [6, 6.07) is 9.25. The second-order valence-electron chi connectivity index (χ2n) is 5.66. The van der Waals surface area contributed by atoms with Gasteiger partial charge in [0.2, 0.25) is 0 Å². The molecular weight excluding hydrogens is 345 g/mol. The largest absolute Gasteiger partial charge is 0.491 e. The fourth-order valence-electron chi connectivity index (χ4n) is 2.59. The van der Waals surface area contributed by atoms with Gasteiger partial charge in [0.25, 0.3) is 0 Å². The number of para-hydroxylation sites is 1. The van der Waals surface area contributed by atoms with Gasteiger partial charge in [0.15, 0.2) is 11.0 Å². The van der Waals surface area contributed by atoms with Crippen molar-refractivity contribution in [3.63, 3.8) is 0 Å². The molecule has 0 radical (unpaired) electrons. The van der Waals surface area contributed by atoms with Crippen LogP contribution >= 0.6 is 11.6 Å². The third-order valence-corrected chi connectivity index (χ3v) is 4.06. The van der Waals surface area contributed by atoms with Crippen LogP contribution in [0.1, 0.15) is 5.56 Å². The number of ether oxygens (including phenoxy) is 1. The number of benzene rings is 2. The Hall–Kier alpha value is -2.37. The van der Waals surface area contributed by atoms with Crippen LogP contribution in [0, 0.1) is 12.7 Å². The molecule has 3 rings (SSSR count). The van der Waals surface area contributed by atoms with Crippen molar-refractivity contribution in [1.82, 2.24) is 5.32 Å². The minimum atomic E-state index is -0.519. The molecule has 130 valence electrons. The summed E-state index contributed by atoms with van der Waals surface area (Å²) in [5, 5.41) is 3.60. The van der Waals surface area contributed by atoms with Crippen LogP contribution in [0.25, 0.3) is 22.3 Å². The van der Waals surface area contributed by atoms with Crippen molar-refractivity contribution in [3.05, 3.63) is 63.0 Å². The van der Waals surface area contributed by atoms with E-state index in [0.29, 0.717) is 34.9 Å². The topological polar surface area (TPSA) is 51.5 Å². The van der Waals surface area contributed by atoms with Gasteiger partial charge in [0.05, 0.1) is 16.0 Å². The van der Waals surface area contributed by atoms with E-state index in [1.807, 2.05) is 0 Å². The molecule has 0 aliphatic heterocycles. The second-order valence-corrected chi connectivity index (χ2v) is 6.07. The zero-order chi connectivity index (χ0) is 18.0. The van der Waals surface area contributed by atoms with Gasteiger partial charge in [-0.05, 0) is 43.8 Å². The van der Waals surface area contributed by atoms with Gasteiger partial charge in [-0.25, -0.2) is 4.39 Å². The molecule has 0 bridgehead atoms. The minimum Gasteiger partial charge on any atom is -0.491 e. The van der Waals surface area contributed by atoms with Crippen LogP contribution in [0.2, 0.25) is 5.02 Å². The number of likely N-dealkylation sites (N-methyl/N-ethyl adjacent to an activating group) is 1. The third-order valence-electron chi connectivity index (χ3n) is 3.76. The molecule has 1 heterocycles. The van der Waals surface area contributed by atoms with Gasteiger partial charge in [-0.1, -0.05) is 17.7 Å². The highest BCUT2D eigenvalue weighted by molar-refractivity contribution is 6.34. The molecule has 3 aromatic rings. The van der Waals surface area contributed by atoms with Crippen LogP contribution in [-0.2, 0) is 0 Å². The first-order chi connectivity index (χ1) is 12.0. The minimum absolute atomic E-state index is 0.0857. The van der Waals surface area contributed by atoms with Crippen LogP contribution in [0.4, 0.5) is 4.39 Å².